The van der Waals surface area contributed by atoms with E-state index in [4.69, 9.17) is 4.74 Å². The number of carbonyl (C=O) groups is 1. The van der Waals surface area contributed by atoms with Crippen molar-refractivity contribution in [2.75, 3.05) is 13.2 Å². The van der Waals surface area contributed by atoms with Crippen molar-refractivity contribution in [2.24, 2.45) is 10.8 Å². The van der Waals surface area contributed by atoms with E-state index in [0.717, 1.165) is 12.8 Å². The molecule has 0 radical (unpaired) electrons. The molecule has 0 aromatic heterocycles. The maximum Gasteiger partial charge on any atom is 0.312 e. The van der Waals surface area contributed by atoms with E-state index in [1.165, 1.54) is 0 Å². The van der Waals surface area contributed by atoms with Crippen LogP contribution < -0.4 is 0 Å². The van der Waals surface area contributed by atoms with Gasteiger partial charge in [0.05, 0.1) is 12.0 Å². The minimum atomic E-state index is -1.17. The average Bonchev–Trinajstić information content (AvgIpc) is 2.66. The summed E-state index contributed by atoms with van der Waals surface area (Å²) >= 11 is 0. The van der Waals surface area contributed by atoms with Crippen LogP contribution in [0.15, 0.2) is 0 Å². The summed E-state index contributed by atoms with van der Waals surface area (Å²) in [4.78, 5) is 11.7. The Labute approximate surface area is 102 Å². The Morgan fingerprint density at radius 3 is 2.12 bits per heavy atom. The second kappa shape index (κ2) is 3.95. The first-order chi connectivity index (χ1) is 7.81. The lowest BCUT2D eigenvalue weighted by molar-refractivity contribution is -0.178. The van der Waals surface area contributed by atoms with Crippen molar-refractivity contribution in [1.29, 1.82) is 0 Å². The van der Waals surface area contributed by atoms with Crippen molar-refractivity contribution in [1.82, 2.24) is 0 Å². The average molecular weight is 242 g/mol. The third-order valence-corrected chi connectivity index (χ3v) is 4.76. The van der Waals surface area contributed by atoms with E-state index in [1.807, 2.05) is 0 Å². The molecule has 1 aliphatic carbocycles. The van der Waals surface area contributed by atoms with Crippen LogP contribution in [0.25, 0.3) is 0 Å². The van der Waals surface area contributed by atoms with Gasteiger partial charge in [-0.1, -0.05) is 13.8 Å². The monoisotopic (exact) mass is 242 g/mol. The number of hydrogen-bond donors (Lipinski definition) is 2. The molecule has 2 fully saturated rings. The molecule has 1 unspecified atom stereocenters. The van der Waals surface area contributed by atoms with Crippen LogP contribution in [0.1, 0.15) is 46.0 Å². The first-order valence-corrected chi connectivity index (χ1v) is 6.35. The highest BCUT2D eigenvalue weighted by Crippen LogP contribution is 2.52. The van der Waals surface area contributed by atoms with Crippen LogP contribution in [-0.4, -0.2) is 35.0 Å². The quantitative estimate of drug-likeness (QED) is 0.775. The highest BCUT2D eigenvalue weighted by Gasteiger charge is 2.59. The molecular weight excluding hydrogens is 220 g/mol. The third kappa shape index (κ3) is 1.97. The number of aliphatic hydroxyl groups is 1. The second-order valence-corrected chi connectivity index (χ2v) is 6.39. The Hall–Kier alpha value is -0.610. The van der Waals surface area contributed by atoms with Gasteiger partial charge >= 0.3 is 5.97 Å². The summed E-state index contributed by atoms with van der Waals surface area (Å²) in [5.41, 5.74) is -1.98. The molecule has 0 amide bonds. The molecule has 0 aromatic carbocycles. The van der Waals surface area contributed by atoms with E-state index in [-0.39, 0.29) is 12.0 Å². The van der Waals surface area contributed by atoms with Crippen LogP contribution in [0.2, 0.25) is 0 Å². The van der Waals surface area contributed by atoms with Gasteiger partial charge in [-0.25, -0.2) is 0 Å². The Morgan fingerprint density at radius 2 is 1.71 bits per heavy atom. The Morgan fingerprint density at radius 1 is 1.12 bits per heavy atom. The predicted octanol–water partition coefficient (Wildman–Crippen LogP) is 1.81. The summed E-state index contributed by atoms with van der Waals surface area (Å²) in [5, 5.41) is 20.2. The molecule has 4 heteroatoms. The largest absolute Gasteiger partial charge is 0.481 e. The van der Waals surface area contributed by atoms with Crippen molar-refractivity contribution in [2.45, 2.75) is 51.6 Å². The molecule has 1 saturated heterocycles. The SMILES string of the molecule is CC1(C)CCC(C(=O)O)(C2(O)CCOC2)CC1. The lowest BCUT2D eigenvalue weighted by Gasteiger charge is -2.47. The summed E-state index contributed by atoms with van der Waals surface area (Å²) in [6.45, 7) is 4.95. The first kappa shape index (κ1) is 12.8. The molecule has 1 atom stereocenters. The molecular formula is C13H22O4. The number of aliphatic carboxylic acids is 1. The van der Waals surface area contributed by atoms with E-state index in [0.29, 0.717) is 25.9 Å². The zero-order chi connectivity index (χ0) is 12.7. The summed E-state index contributed by atoms with van der Waals surface area (Å²) < 4.78 is 5.23. The standard InChI is InChI=1S/C13H22O4/c1-11(2)3-5-12(6-4-11,10(14)15)13(16)7-8-17-9-13/h16H,3-9H2,1-2H3,(H,14,15). The van der Waals surface area contributed by atoms with Crippen molar-refractivity contribution < 1.29 is 19.7 Å². The van der Waals surface area contributed by atoms with E-state index in [1.54, 1.807) is 0 Å². The minimum absolute atomic E-state index is 0.166. The van der Waals surface area contributed by atoms with Crippen LogP contribution in [-0.2, 0) is 9.53 Å². The van der Waals surface area contributed by atoms with Crippen molar-refractivity contribution >= 4 is 5.97 Å². The van der Waals surface area contributed by atoms with Crippen LogP contribution in [0, 0.1) is 10.8 Å². The van der Waals surface area contributed by atoms with Crippen LogP contribution in [0.4, 0.5) is 0 Å². The molecule has 0 aromatic rings. The molecule has 4 nitrogen and oxygen atoms in total. The first-order valence-electron chi connectivity index (χ1n) is 6.35. The third-order valence-electron chi connectivity index (χ3n) is 4.76. The highest BCUT2D eigenvalue weighted by molar-refractivity contribution is 5.76. The molecule has 1 aliphatic heterocycles. The zero-order valence-corrected chi connectivity index (χ0v) is 10.7. The number of rotatable bonds is 2. The Bertz CT molecular complexity index is 305. The number of hydrogen-bond acceptors (Lipinski definition) is 3. The van der Waals surface area contributed by atoms with Gasteiger partial charge in [0, 0.05) is 13.0 Å². The number of ether oxygens (including phenoxy) is 1. The smallest absolute Gasteiger partial charge is 0.312 e. The van der Waals surface area contributed by atoms with Gasteiger partial charge in [0.2, 0.25) is 0 Å². The summed E-state index contributed by atoms with van der Waals surface area (Å²) in [5.74, 6) is -0.860. The van der Waals surface area contributed by atoms with Gasteiger partial charge in [0.1, 0.15) is 5.60 Å². The van der Waals surface area contributed by atoms with Crippen LogP contribution in [0.3, 0.4) is 0 Å². The molecule has 2 N–H and O–H groups in total. The molecule has 98 valence electrons. The fraction of sp³-hybridized carbons (Fsp3) is 0.923. The van der Waals surface area contributed by atoms with E-state index >= 15 is 0 Å². The van der Waals surface area contributed by atoms with Gasteiger partial charge in [-0.3, -0.25) is 4.79 Å². The zero-order valence-electron chi connectivity index (χ0n) is 10.7. The normalized spacial score (nSPS) is 35.7. The summed E-state index contributed by atoms with van der Waals surface area (Å²) in [6, 6.07) is 0. The van der Waals surface area contributed by atoms with Gasteiger partial charge in [-0.15, -0.1) is 0 Å². The molecule has 2 aliphatic rings. The van der Waals surface area contributed by atoms with Crippen LogP contribution in [0.5, 0.6) is 0 Å². The van der Waals surface area contributed by atoms with E-state index in [2.05, 4.69) is 13.8 Å². The topological polar surface area (TPSA) is 66.8 Å². The van der Waals surface area contributed by atoms with E-state index < -0.39 is 17.0 Å². The Balaban J connectivity index is 2.26. The highest BCUT2D eigenvalue weighted by atomic mass is 16.5. The van der Waals surface area contributed by atoms with Crippen molar-refractivity contribution in [3.8, 4) is 0 Å². The number of carboxylic acid groups (broad SMARTS) is 1. The maximum absolute atomic E-state index is 11.7. The molecule has 0 spiro atoms. The van der Waals surface area contributed by atoms with Crippen molar-refractivity contribution in [3.05, 3.63) is 0 Å². The predicted molar refractivity (Wildman–Crippen MR) is 62.7 cm³/mol. The van der Waals surface area contributed by atoms with Gasteiger partial charge < -0.3 is 14.9 Å². The summed E-state index contributed by atoms with van der Waals surface area (Å²) in [6.07, 6.45) is 3.24. The molecule has 1 heterocycles. The summed E-state index contributed by atoms with van der Waals surface area (Å²) in [7, 11) is 0. The van der Waals surface area contributed by atoms with Gasteiger partial charge in [-0.2, -0.15) is 0 Å². The minimum Gasteiger partial charge on any atom is -0.481 e. The second-order valence-electron chi connectivity index (χ2n) is 6.39. The molecule has 2 rings (SSSR count). The Kier molecular flexibility index (Phi) is 2.99. The number of carboxylic acids is 1. The van der Waals surface area contributed by atoms with Crippen molar-refractivity contribution in [3.63, 3.8) is 0 Å². The molecule has 0 bridgehead atoms. The van der Waals surface area contributed by atoms with Crippen LogP contribution >= 0.6 is 0 Å². The van der Waals surface area contributed by atoms with Gasteiger partial charge in [0.15, 0.2) is 0 Å². The van der Waals surface area contributed by atoms with Gasteiger partial charge in [-0.05, 0) is 31.1 Å². The lowest BCUT2D eigenvalue weighted by Crippen LogP contribution is -2.56. The molecule has 1 saturated carbocycles. The lowest BCUT2D eigenvalue weighted by atomic mass is 9.58. The fourth-order valence-electron chi connectivity index (χ4n) is 3.16. The van der Waals surface area contributed by atoms with Gasteiger partial charge in [0.25, 0.3) is 0 Å². The fourth-order valence-corrected chi connectivity index (χ4v) is 3.16. The molecule has 17 heavy (non-hydrogen) atoms. The van der Waals surface area contributed by atoms with E-state index in [9.17, 15) is 15.0 Å². The maximum atomic E-state index is 11.7.